The highest BCUT2D eigenvalue weighted by Gasteiger charge is 2.41. The summed E-state index contributed by atoms with van der Waals surface area (Å²) in [5.74, 6) is 0.891. The number of likely N-dealkylation sites (tertiary alicyclic amines) is 2. The van der Waals surface area contributed by atoms with Gasteiger partial charge in [-0.2, -0.15) is 5.10 Å². The van der Waals surface area contributed by atoms with Crippen LogP contribution >= 0.6 is 0 Å². The number of nitrogens with zero attached hydrogens (tertiary/aromatic N) is 4. The third-order valence-electron chi connectivity index (χ3n) is 5.46. The summed E-state index contributed by atoms with van der Waals surface area (Å²) in [6.45, 7) is 8.67. The largest absolute Gasteiger partial charge is 0.299 e. The first-order valence-electron chi connectivity index (χ1n) is 8.47. The van der Waals surface area contributed by atoms with E-state index in [1.165, 1.54) is 57.3 Å². The van der Waals surface area contributed by atoms with Crippen molar-refractivity contribution in [1.82, 2.24) is 19.6 Å². The number of hydrogen-bond acceptors (Lipinski definition) is 3. The third kappa shape index (κ3) is 2.79. The summed E-state index contributed by atoms with van der Waals surface area (Å²) < 4.78 is 1.80. The van der Waals surface area contributed by atoms with Gasteiger partial charge in [-0.15, -0.1) is 0 Å². The van der Waals surface area contributed by atoms with E-state index >= 15 is 0 Å². The van der Waals surface area contributed by atoms with Gasteiger partial charge in [0.15, 0.2) is 0 Å². The van der Waals surface area contributed by atoms with E-state index in [2.05, 4.69) is 27.7 Å². The minimum absolute atomic E-state index is 0.874. The molecule has 0 N–H and O–H groups in total. The molecule has 1 aromatic rings. The van der Waals surface area contributed by atoms with Gasteiger partial charge in [-0.05, 0) is 51.1 Å². The first-order chi connectivity index (χ1) is 10.3. The van der Waals surface area contributed by atoms with Gasteiger partial charge < -0.3 is 0 Å². The minimum atomic E-state index is 0.874. The number of piperidine rings is 2. The van der Waals surface area contributed by atoms with E-state index in [0.29, 0.717) is 0 Å². The van der Waals surface area contributed by atoms with Crippen molar-refractivity contribution in [2.75, 3.05) is 19.6 Å². The van der Waals surface area contributed by atoms with Crippen molar-refractivity contribution in [1.29, 1.82) is 0 Å². The van der Waals surface area contributed by atoms with Crippen LogP contribution in [0.3, 0.4) is 0 Å². The van der Waals surface area contributed by atoms with E-state index in [1.54, 1.807) is 10.9 Å². The molecule has 4 heteroatoms. The van der Waals surface area contributed by atoms with Crippen LogP contribution in [0.1, 0.15) is 37.7 Å². The van der Waals surface area contributed by atoms with Crippen LogP contribution < -0.4 is 0 Å². The van der Waals surface area contributed by atoms with Crippen molar-refractivity contribution in [2.45, 2.75) is 50.7 Å². The zero-order valence-electron chi connectivity index (χ0n) is 12.8. The van der Waals surface area contributed by atoms with Crippen molar-refractivity contribution < 1.29 is 0 Å². The second kappa shape index (κ2) is 5.58. The Labute approximate surface area is 127 Å². The monoisotopic (exact) mass is 286 g/mol. The molecule has 2 aliphatic heterocycles. The molecule has 4 rings (SSSR count). The molecule has 1 saturated carbocycles. The zero-order chi connectivity index (χ0) is 14.2. The van der Waals surface area contributed by atoms with E-state index in [9.17, 15) is 0 Å². The highest BCUT2D eigenvalue weighted by atomic mass is 15.3. The molecule has 3 heterocycles. The lowest BCUT2D eigenvalue weighted by Gasteiger charge is -2.47. The van der Waals surface area contributed by atoms with Crippen molar-refractivity contribution in [2.24, 2.45) is 5.92 Å². The fraction of sp³-hybridized carbons (Fsp3) is 0.706. The lowest BCUT2D eigenvalue weighted by atomic mass is 9.83. The number of hydrogen-bond donors (Lipinski definition) is 0. The Morgan fingerprint density at radius 3 is 2.90 bits per heavy atom. The molecule has 0 radical (unpaired) electrons. The zero-order valence-corrected chi connectivity index (χ0v) is 12.8. The summed E-state index contributed by atoms with van der Waals surface area (Å²) in [5, 5.41) is 4.29. The van der Waals surface area contributed by atoms with Gasteiger partial charge in [-0.3, -0.25) is 9.80 Å². The normalized spacial score (nSPS) is 31.0. The highest BCUT2D eigenvalue weighted by molar-refractivity contribution is 5.17. The van der Waals surface area contributed by atoms with Gasteiger partial charge >= 0.3 is 0 Å². The Morgan fingerprint density at radius 1 is 1.24 bits per heavy atom. The Kier molecular flexibility index (Phi) is 3.59. The summed E-state index contributed by atoms with van der Waals surface area (Å²) in [6, 6.07) is 1.81. The van der Waals surface area contributed by atoms with Crippen LogP contribution in [0.4, 0.5) is 0 Å². The van der Waals surface area contributed by atoms with Gasteiger partial charge in [-0.1, -0.05) is 6.58 Å². The number of fused-ring (bicyclic) bond motifs is 1. The summed E-state index contributed by atoms with van der Waals surface area (Å²) in [7, 11) is 0. The van der Waals surface area contributed by atoms with E-state index in [0.717, 1.165) is 24.5 Å². The van der Waals surface area contributed by atoms with Crippen molar-refractivity contribution >= 4 is 6.20 Å². The highest BCUT2D eigenvalue weighted by Crippen LogP contribution is 2.38. The van der Waals surface area contributed by atoms with Gasteiger partial charge in [0.25, 0.3) is 0 Å². The first-order valence-corrected chi connectivity index (χ1v) is 8.47. The molecule has 4 nitrogen and oxygen atoms in total. The Morgan fingerprint density at radius 2 is 2.14 bits per heavy atom. The fourth-order valence-electron chi connectivity index (χ4n) is 4.34. The molecular weight excluding hydrogens is 260 g/mol. The fourth-order valence-corrected chi connectivity index (χ4v) is 4.34. The summed E-state index contributed by atoms with van der Waals surface area (Å²) in [6.07, 6.45) is 12.9. The standard InChI is InChI=1S/C17H26N4/c1-2-20-12-14(10-18-20)11-19-9-7-17-15(13-19)4-3-8-21(17)16-5-6-16/h2,10,12,15-17H,1,3-9,11,13H2/t15-,17-/m0/s1. The average Bonchev–Trinajstić information content (AvgIpc) is 3.26. The second-order valence-corrected chi connectivity index (χ2v) is 6.97. The summed E-state index contributed by atoms with van der Waals surface area (Å²) in [4.78, 5) is 5.48. The van der Waals surface area contributed by atoms with E-state index in [4.69, 9.17) is 0 Å². The van der Waals surface area contributed by atoms with E-state index in [1.807, 2.05) is 6.20 Å². The molecule has 1 aromatic heterocycles. The molecule has 3 aliphatic rings. The Balaban J connectivity index is 1.38. The molecule has 0 unspecified atom stereocenters. The average molecular weight is 286 g/mol. The Bertz CT molecular complexity index is 505. The van der Waals surface area contributed by atoms with Crippen LogP contribution in [0.25, 0.3) is 6.20 Å². The van der Waals surface area contributed by atoms with E-state index in [-0.39, 0.29) is 0 Å². The number of rotatable bonds is 4. The van der Waals surface area contributed by atoms with Crippen molar-refractivity contribution in [3.63, 3.8) is 0 Å². The van der Waals surface area contributed by atoms with Crippen LogP contribution in [0.5, 0.6) is 0 Å². The van der Waals surface area contributed by atoms with Crippen LogP contribution in [0, 0.1) is 5.92 Å². The lowest BCUT2D eigenvalue weighted by molar-refractivity contribution is 0.0154. The Hall–Kier alpha value is -1.13. The van der Waals surface area contributed by atoms with Crippen LogP contribution in [0.15, 0.2) is 19.0 Å². The molecule has 0 amide bonds. The molecule has 3 fully saturated rings. The second-order valence-electron chi connectivity index (χ2n) is 6.97. The maximum absolute atomic E-state index is 4.29. The van der Waals surface area contributed by atoms with Gasteiger partial charge in [0.1, 0.15) is 0 Å². The summed E-state index contributed by atoms with van der Waals surface area (Å²) in [5.41, 5.74) is 1.31. The van der Waals surface area contributed by atoms with Gasteiger partial charge in [0.05, 0.1) is 6.20 Å². The quantitative estimate of drug-likeness (QED) is 0.849. The molecular formula is C17H26N4. The predicted octanol–water partition coefficient (Wildman–Crippen LogP) is 2.43. The van der Waals surface area contributed by atoms with Crippen molar-refractivity contribution in [3.05, 3.63) is 24.5 Å². The van der Waals surface area contributed by atoms with Gasteiger partial charge in [0, 0.05) is 43.1 Å². The maximum Gasteiger partial charge on any atom is 0.0539 e. The predicted molar refractivity (Wildman–Crippen MR) is 84.7 cm³/mol. The molecule has 2 saturated heterocycles. The molecule has 0 aromatic carbocycles. The van der Waals surface area contributed by atoms with Crippen LogP contribution in [0.2, 0.25) is 0 Å². The third-order valence-corrected chi connectivity index (χ3v) is 5.46. The molecule has 0 spiro atoms. The SMILES string of the molecule is C=Cn1cc(CN2CC[C@H]3[C@@H](CCCN3C3CC3)C2)cn1. The maximum atomic E-state index is 4.29. The van der Waals surface area contributed by atoms with Crippen LogP contribution in [-0.2, 0) is 6.54 Å². The van der Waals surface area contributed by atoms with E-state index < -0.39 is 0 Å². The smallest absolute Gasteiger partial charge is 0.0539 e. The first kappa shape index (κ1) is 13.5. The molecule has 0 bridgehead atoms. The van der Waals surface area contributed by atoms with Gasteiger partial charge in [0.2, 0.25) is 0 Å². The van der Waals surface area contributed by atoms with Gasteiger partial charge in [-0.25, -0.2) is 4.68 Å². The molecule has 21 heavy (non-hydrogen) atoms. The molecule has 1 aliphatic carbocycles. The van der Waals surface area contributed by atoms with Crippen molar-refractivity contribution in [3.8, 4) is 0 Å². The van der Waals surface area contributed by atoms with Crippen LogP contribution in [-0.4, -0.2) is 51.3 Å². The summed E-state index contributed by atoms with van der Waals surface area (Å²) >= 11 is 0. The topological polar surface area (TPSA) is 24.3 Å². The lowest BCUT2D eigenvalue weighted by Crippen LogP contribution is -2.54. The molecule has 114 valence electrons. The number of aromatic nitrogens is 2. The minimum Gasteiger partial charge on any atom is -0.299 e. The molecule has 2 atom stereocenters.